The fourth-order valence-corrected chi connectivity index (χ4v) is 3.90. The summed E-state index contributed by atoms with van der Waals surface area (Å²) in [5.74, 6) is 0.669. The Hall–Kier alpha value is -2.85. The highest BCUT2D eigenvalue weighted by Gasteiger charge is 2.09. The Morgan fingerprint density at radius 2 is 1.61 bits per heavy atom. The molecule has 0 unspecified atom stereocenters. The molecule has 3 nitrogen and oxygen atoms in total. The second kappa shape index (κ2) is 4.83. The maximum absolute atomic E-state index is 4.78. The van der Waals surface area contributed by atoms with Gasteiger partial charge in [-0.3, -0.25) is 0 Å². The second-order valence-electron chi connectivity index (χ2n) is 5.40. The molecule has 0 saturated carbocycles. The molecule has 0 atom stereocenters. The van der Waals surface area contributed by atoms with E-state index in [9.17, 15) is 0 Å². The molecule has 0 fully saturated rings. The van der Waals surface area contributed by atoms with Gasteiger partial charge >= 0.3 is 0 Å². The highest BCUT2D eigenvalue weighted by Crippen LogP contribution is 2.33. The number of aromatic nitrogens is 3. The molecular weight excluding hydrogens is 302 g/mol. The standard InChI is InChI=1S/C19H11N3S/c1-3-7-15-12(5-1)11-20-18(21-15)16-10-9-14-13-6-2-4-8-17(13)23-19(14)22-16/h1-11H. The van der Waals surface area contributed by atoms with E-state index >= 15 is 0 Å². The average Bonchev–Trinajstić information content (AvgIpc) is 2.99. The van der Waals surface area contributed by atoms with Gasteiger partial charge in [-0.15, -0.1) is 11.3 Å². The number of rotatable bonds is 1. The van der Waals surface area contributed by atoms with Crippen LogP contribution in [0.2, 0.25) is 0 Å². The minimum absolute atomic E-state index is 0.669. The van der Waals surface area contributed by atoms with Crippen LogP contribution in [0, 0.1) is 0 Å². The van der Waals surface area contributed by atoms with Crippen molar-refractivity contribution in [3.8, 4) is 11.5 Å². The summed E-state index contributed by atoms with van der Waals surface area (Å²) < 4.78 is 1.26. The Kier molecular flexibility index (Phi) is 2.66. The van der Waals surface area contributed by atoms with Gasteiger partial charge in [0.2, 0.25) is 0 Å². The van der Waals surface area contributed by atoms with Gasteiger partial charge in [-0.2, -0.15) is 0 Å². The number of pyridine rings is 1. The number of thiophene rings is 1. The van der Waals surface area contributed by atoms with Crippen molar-refractivity contribution in [2.24, 2.45) is 0 Å². The smallest absolute Gasteiger partial charge is 0.178 e. The van der Waals surface area contributed by atoms with E-state index in [0.29, 0.717) is 5.82 Å². The van der Waals surface area contributed by atoms with E-state index in [1.54, 1.807) is 11.3 Å². The Balaban J connectivity index is 1.73. The van der Waals surface area contributed by atoms with Crippen LogP contribution in [0.4, 0.5) is 0 Å². The van der Waals surface area contributed by atoms with E-state index in [1.807, 2.05) is 36.5 Å². The lowest BCUT2D eigenvalue weighted by Crippen LogP contribution is -1.91. The maximum atomic E-state index is 4.78. The zero-order valence-electron chi connectivity index (χ0n) is 12.1. The molecule has 4 heteroatoms. The summed E-state index contributed by atoms with van der Waals surface area (Å²) in [4.78, 5) is 14.9. The van der Waals surface area contributed by atoms with Gasteiger partial charge in [0.1, 0.15) is 10.5 Å². The van der Waals surface area contributed by atoms with Crippen LogP contribution in [0.5, 0.6) is 0 Å². The molecule has 5 rings (SSSR count). The molecule has 0 bridgehead atoms. The van der Waals surface area contributed by atoms with Crippen molar-refractivity contribution in [1.82, 2.24) is 15.0 Å². The van der Waals surface area contributed by atoms with Gasteiger partial charge in [0.25, 0.3) is 0 Å². The molecule has 0 aliphatic heterocycles. The van der Waals surface area contributed by atoms with E-state index in [0.717, 1.165) is 21.4 Å². The molecule has 0 spiro atoms. The van der Waals surface area contributed by atoms with Crippen LogP contribution in [0.3, 0.4) is 0 Å². The predicted molar refractivity (Wildman–Crippen MR) is 95.7 cm³/mol. The highest BCUT2D eigenvalue weighted by molar-refractivity contribution is 7.25. The van der Waals surface area contributed by atoms with Crippen molar-refractivity contribution in [3.05, 3.63) is 66.9 Å². The Bertz CT molecular complexity index is 1180. The van der Waals surface area contributed by atoms with Crippen LogP contribution < -0.4 is 0 Å². The number of fused-ring (bicyclic) bond motifs is 4. The van der Waals surface area contributed by atoms with Crippen LogP contribution in [0.1, 0.15) is 0 Å². The molecule has 0 aliphatic rings. The first kappa shape index (κ1) is 12.7. The molecule has 5 aromatic rings. The molecule has 0 radical (unpaired) electrons. The number of hydrogen-bond donors (Lipinski definition) is 0. The molecule has 0 aliphatic carbocycles. The Morgan fingerprint density at radius 3 is 2.61 bits per heavy atom. The van der Waals surface area contributed by atoms with Crippen LogP contribution in [0.15, 0.2) is 66.9 Å². The van der Waals surface area contributed by atoms with Crippen molar-refractivity contribution >= 4 is 42.5 Å². The number of hydrogen-bond acceptors (Lipinski definition) is 4. The van der Waals surface area contributed by atoms with E-state index in [4.69, 9.17) is 4.98 Å². The minimum Gasteiger partial charge on any atom is -0.235 e. The topological polar surface area (TPSA) is 38.7 Å². The third-order valence-electron chi connectivity index (χ3n) is 3.96. The molecule has 3 aromatic heterocycles. The van der Waals surface area contributed by atoms with Gasteiger partial charge < -0.3 is 0 Å². The zero-order chi connectivity index (χ0) is 15.2. The molecule has 0 saturated heterocycles. The molecule has 3 heterocycles. The fraction of sp³-hybridized carbons (Fsp3) is 0. The molecule has 0 amide bonds. The van der Waals surface area contributed by atoms with Gasteiger partial charge in [-0.25, -0.2) is 15.0 Å². The largest absolute Gasteiger partial charge is 0.235 e. The lowest BCUT2D eigenvalue weighted by molar-refractivity contribution is 1.20. The summed E-state index contributed by atoms with van der Waals surface area (Å²) in [6, 6.07) is 20.5. The van der Waals surface area contributed by atoms with Gasteiger partial charge in [-0.05, 0) is 24.3 Å². The van der Waals surface area contributed by atoms with Gasteiger partial charge in [0.05, 0.1) is 5.52 Å². The quantitative estimate of drug-likeness (QED) is 0.434. The van der Waals surface area contributed by atoms with Crippen LogP contribution in [-0.4, -0.2) is 15.0 Å². The Labute approximate surface area is 136 Å². The average molecular weight is 313 g/mol. The summed E-state index contributed by atoms with van der Waals surface area (Å²) in [5.41, 5.74) is 1.76. The SMILES string of the molecule is c1ccc2nc(-c3ccc4c(n3)sc3ccccc34)ncc2c1. The van der Waals surface area contributed by atoms with Crippen molar-refractivity contribution in [2.45, 2.75) is 0 Å². The first-order valence-electron chi connectivity index (χ1n) is 7.39. The monoisotopic (exact) mass is 313 g/mol. The lowest BCUT2D eigenvalue weighted by atomic mass is 10.2. The number of nitrogens with zero attached hydrogens (tertiary/aromatic N) is 3. The summed E-state index contributed by atoms with van der Waals surface area (Å²) in [5, 5.41) is 3.49. The van der Waals surface area contributed by atoms with E-state index in [1.165, 1.54) is 15.5 Å². The fourth-order valence-electron chi connectivity index (χ4n) is 2.83. The summed E-state index contributed by atoms with van der Waals surface area (Å²) in [7, 11) is 0. The minimum atomic E-state index is 0.669. The zero-order valence-corrected chi connectivity index (χ0v) is 12.9. The summed E-state index contributed by atoms with van der Waals surface area (Å²) in [6.45, 7) is 0. The van der Waals surface area contributed by atoms with Crippen molar-refractivity contribution in [2.75, 3.05) is 0 Å². The summed E-state index contributed by atoms with van der Waals surface area (Å²) in [6.07, 6.45) is 1.86. The third kappa shape index (κ3) is 1.99. The lowest BCUT2D eigenvalue weighted by Gasteiger charge is -2.01. The number of benzene rings is 2. The first-order valence-corrected chi connectivity index (χ1v) is 8.21. The molecule has 23 heavy (non-hydrogen) atoms. The van der Waals surface area contributed by atoms with Gasteiger partial charge in [0, 0.05) is 27.1 Å². The van der Waals surface area contributed by atoms with Crippen LogP contribution in [0.25, 0.3) is 42.7 Å². The normalized spacial score (nSPS) is 11.5. The van der Waals surface area contributed by atoms with Crippen molar-refractivity contribution < 1.29 is 0 Å². The van der Waals surface area contributed by atoms with Gasteiger partial charge in [0.15, 0.2) is 5.82 Å². The van der Waals surface area contributed by atoms with Crippen LogP contribution >= 0.6 is 11.3 Å². The van der Waals surface area contributed by atoms with Crippen LogP contribution in [-0.2, 0) is 0 Å². The van der Waals surface area contributed by atoms with E-state index < -0.39 is 0 Å². The van der Waals surface area contributed by atoms with E-state index in [-0.39, 0.29) is 0 Å². The molecular formula is C19H11N3S. The Morgan fingerprint density at radius 1 is 0.739 bits per heavy atom. The molecule has 2 aromatic carbocycles. The first-order chi connectivity index (χ1) is 11.4. The number of para-hydroxylation sites is 1. The van der Waals surface area contributed by atoms with Gasteiger partial charge in [-0.1, -0.05) is 36.4 Å². The summed E-state index contributed by atoms with van der Waals surface area (Å²) >= 11 is 1.71. The van der Waals surface area contributed by atoms with Crippen molar-refractivity contribution in [3.63, 3.8) is 0 Å². The molecule has 0 N–H and O–H groups in total. The molecule has 108 valence electrons. The highest BCUT2D eigenvalue weighted by atomic mass is 32.1. The van der Waals surface area contributed by atoms with Crippen molar-refractivity contribution in [1.29, 1.82) is 0 Å². The van der Waals surface area contributed by atoms with E-state index in [2.05, 4.69) is 40.3 Å². The maximum Gasteiger partial charge on any atom is 0.178 e. The third-order valence-corrected chi connectivity index (χ3v) is 5.04. The predicted octanol–water partition coefficient (Wildman–Crippen LogP) is 5.06. The second-order valence-corrected chi connectivity index (χ2v) is 6.43.